The Bertz CT molecular complexity index is 649. The Morgan fingerprint density at radius 2 is 1.95 bits per heavy atom. The Kier molecular flexibility index (Phi) is 4.39. The molecule has 2 aromatic rings. The van der Waals surface area contributed by atoms with E-state index in [1.807, 2.05) is 24.3 Å². The van der Waals surface area contributed by atoms with Crippen molar-refractivity contribution in [1.29, 1.82) is 0 Å². The van der Waals surface area contributed by atoms with E-state index in [0.29, 0.717) is 21.2 Å². The zero-order chi connectivity index (χ0) is 14.0. The van der Waals surface area contributed by atoms with Gasteiger partial charge in [-0.25, -0.2) is 0 Å². The number of carbonyl (C=O) groups is 1. The van der Waals surface area contributed by atoms with Gasteiger partial charge in [0.15, 0.2) is 0 Å². The van der Waals surface area contributed by atoms with Gasteiger partial charge in [-0.2, -0.15) is 0 Å². The lowest BCUT2D eigenvalue weighted by molar-refractivity contribution is 0.0997. The van der Waals surface area contributed by atoms with E-state index in [2.05, 4.69) is 15.9 Å². The highest BCUT2D eigenvalue weighted by Crippen LogP contribution is 2.40. The predicted octanol–water partition coefficient (Wildman–Crippen LogP) is 3.93. The van der Waals surface area contributed by atoms with Gasteiger partial charge >= 0.3 is 0 Å². The van der Waals surface area contributed by atoms with Crippen LogP contribution >= 0.6 is 39.3 Å². The van der Waals surface area contributed by atoms with Crippen molar-refractivity contribution in [3.63, 3.8) is 0 Å². The summed E-state index contributed by atoms with van der Waals surface area (Å²) in [7, 11) is 0. The maximum Gasteiger partial charge on any atom is 0.249 e. The van der Waals surface area contributed by atoms with E-state index < -0.39 is 5.91 Å². The Balaban J connectivity index is 2.51. The zero-order valence-electron chi connectivity index (χ0n) is 9.69. The number of anilines is 1. The average molecular weight is 358 g/mol. The van der Waals surface area contributed by atoms with Crippen LogP contribution in [0.3, 0.4) is 0 Å². The van der Waals surface area contributed by atoms with Crippen molar-refractivity contribution in [3.05, 3.63) is 51.5 Å². The summed E-state index contributed by atoms with van der Waals surface area (Å²) in [5.74, 6) is -0.552. The first-order valence-corrected chi connectivity index (χ1v) is 7.29. The Labute approximate surface area is 128 Å². The Morgan fingerprint density at radius 1 is 1.26 bits per heavy atom. The molecule has 3 nitrogen and oxygen atoms in total. The van der Waals surface area contributed by atoms with Crippen LogP contribution in [0, 0.1) is 0 Å². The van der Waals surface area contributed by atoms with E-state index >= 15 is 0 Å². The number of nitrogens with two attached hydrogens (primary N) is 2. The average Bonchev–Trinajstić information content (AvgIpc) is 2.34. The van der Waals surface area contributed by atoms with Crippen molar-refractivity contribution in [1.82, 2.24) is 0 Å². The third-order valence-electron chi connectivity index (χ3n) is 2.38. The molecule has 0 heterocycles. The van der Waals surface area contributed by atoms with Crippen LogP contribution in [0.2, 0.25) is 5.02 Å². The molecular formula is C13H10BrClN2OS. The number of amides is 1. The molecule has 0 saturated carbocycles. The van der Waals surface area contributed by atoms with Crippen LogP contribution in [0.25, 0.3) is 0 Å². The normalized spacial score (nSPS) is 10.4. The fraction of sp³-hybridized carbons (Fsp3) is 0. The van der Waals surface area contributed by atoms with Gasteiger partial charge < -0.3 is 11.5 Å². The Morgan fingerprint density at radius 3 is 2.58 bits per heavy atom. The lowest BCUT2D eigenvalue weighted by Crippen LogP contribution is -2.13. The summed E-state index contributed by atoms with van der Waals surface area (Å²) >= 11 is 11.0. The number of benzene rings is 2. The summed E-state index contributed by atoms with van der Waals surface area (Å²) in [5, 5.41) is 0.412. The fourth-order valence-electron chi connectivity index (χ4n) is 1.54. The minimum atomic E-state index is -0.552. The van der Waals surface area contributed by atoms with Crippen LogP contribution in [0.1, 0.15) is 10.4 Å². The van der Waals surface area contributed by atoms with Crippen molar-refractivity contribution in [2.24, 2.45) is 5.73 Å². The van der Waals surface area contributed by atoms with E-state index in [-0.39, 0.29) is 0 Å². The molecule has 19 heavy (non-hydrogen) atoms. The van der Waals surface area contributed by atoms with Crippen LogP contribution in [0.4, 0.5) is 5.69 Å². The molecule has 0 saturated heterocycles. The molecule has 0 atom stereocenters. The van der Waals surface area contributed by atoms with E-state index in [0.717, 1.165) is 9.37 Å². The molecular weight excluding hydrogens is 348 g/mol. The number of nitrogen functional groups attached to an aromatic ring is 1. The molecule has 0 aromatic heterocycles. The van der Waals surface area contributed by atoms with Crippen molar-refractivity contribution in [2.75, 3.05) is 5.73 Å². The van der Waals surface area contributed by atoms with Crippen LogP contribution < -0.4 is 11.5 Å². The van der Waals surface area contributed by atoms with Gasteiger partial charge in [0.2, 0.25) is 5.91 Å². The summed E-state index contributed by atoms with van der Waals surface area (Å²) in [6.07, 6.45) is 0. The number of halogens is 2. The van der Waals surface area contributed by atoms with Gasteiger partial charge in [-0.3, -0.25) is 4.79 Å². The molecule has 0 bridgehead atoms. The first-order chi connectivity index (χ1) is 8.99. The molecule has 0 aliphatic heterocycles. The highest BCUT2D eigenvalue weighted by Gasteiger charge is 2.15. The lowest BCUT2D eigenvalue weighted by atomic mass is 10.2. The second kappa shape index (κ2) is 5.86. The number of rotatable bonds is 3. The van der Waals surface area contributed by atoms with Crippen LogP contribution in [0.5, 0.6) is 0 Å². The monoisotopic (exact) mass is 356 g/mol. The molecule has 0 aliphatic rings. The van der Waals surface area contributed by atoms with Gasteiger partial charge in [0.25, 0.3) is 0 Å². The number of hydrogen-bond acceptors (Lipinski definition) is 3. The van der Waals surface area contributed by atoms with Gasteiger partial charge in [0.1, 0.15) is 0 Å². The second-order valence-electron chi connectivity index (χ2n) is 3.78. The van der Waals surface area contributed by atoms with Crippen molar-refractivity contribution in [2.45, 2.75) is 9.79 Å². The molecule has 1 amide bonds. The van der Waals surface area contributed by atoms with E-state index in [1.54, 1.807) is 6.07 Å². The lowest BCUT2D eigenvalue weighted by Gasteiger charge is -2.11. The number of hydrogen-bond donors (Lipinski definition) is 2. The van der Waals surface area contributed by atoms with E-state index in [1.165, 1.54) is 17.8 Å². The molecule has 0 radical (unpaired) electrons. The summed E-state index contributed by atoms with van der Waals surface area (Å²) in [6, 6.07) is 10.8. The van der Waals surface area contributed by atoms with Gasteiger partial charge in [0.05, 0.1) is 10.6 Å². The highest BCUT2D eigenvalue weighted by molar-refractivity contribution is 9.10. The fourth-order valence-corrected chi connectivity index (χ4v) is 3.37. The van der Waals surface area contributed by atoms with Crippen molar-refractivity contribution < 1.29 is 4.79 Å². The van der Waals surface area contributed by atoms with Crippen molar-refractivity contribution >= 4 is 50.9 Å². The van der Waals surface area contributed by atoms with Crippen LogP contribution in [0.15, 0.2) is 50.7 Å². The molecule has 0 fully saturated rings. The Hall–Kier alpha value is -1.17. The van der Waals surface area contributed by atoms with Crippen molar-refractivity contribution in [3.8, 4) is 0 Å². The summed E-state index contributed by atoms with van der Waals surface area (Å²) in [4.78, 5) is 13.0. The topological polar surface area (TPSA) is 69.1 Å². The SMILES string of the molecule is NC(=O)c1cc(N)cc(Cl)c1Sc1ccccc1Br. The molecule has 0 unspecified atom stereocenters. The number of primary amides is 1. The third-order valence-corrected chi connectivity index (χ3v) is 4.96. The number of carbonyl (C=O) groups excluding carboxylic acids is 1. The minimum Gasteiger partial charge on any atom is -0.399 e. The van der Waals surface area contributed by atoms with E-state index in [4.69, 9.17) is 23.1 Å². The molecule has 2 rings (SSSR count). The largest absolute Gasteiger partial charge is 0.399 e. The summed E-state index contributed by atoms with van der Waals surface area (Å²) < 4.78 is 0.920. The summed E-state index contributed by atoms with van der Waals surface area (Å²) in [5.41, 5.74) is 11.8. The summed E-state index contributed by atoms with van der Waals surface area (Å²) in [6.45, 7) is 0. The third kappa shape index (κ3) is 3.23. The smallest absolute Gasteiger partial charge is 0.249 e. The molecule has 6 heteroatoms. The first kappa shape index (κ1) is 14.2. The van der Waals surface area contributed by atoms with Crippen LogP contribution in [-0.2, 0) is 0 Å². The standard InChI is InChI=1S/C13H10BrClN2OS/c14-9-3-1-2-4-11(9)19-12-8(13(17)18)5-7(16)6-10(12)15/h1-6H,16H2,(H2,17,18). The van der Waals surface area contributed by atoms with Gasteiger partial charge in [-0.05, 0) is 40.2 Å². The molecule has 98 valence electrons. The van der Waals surface area contributed by atoms with Gasteiger partial charge in [0, 0.05) is 20.0 Å². The molecule has 2 aromatic carbocycles. The minimum absolute atomic E-state index is 0.325. The predicted molar refractivity (Wildman–Crippen MR) is 82.6 cm³/mol. The second-order valence-corrected chi connectivity index (χ2v) is 6.09. The zero-order valence-corrected chi connectivity index (χ0v) is 12.8. The molecule has 4 N–H and O–H groups in total. The van der Waals surface area contributed by atoms with Crippen LogP contribution in [-0.4, -0.2) is 5.91 Å². The molecule has 0 spiro atoms. The maximum atomic E-state index is 11.5. The first-order valence-electron chi connectivity index (χ1n) is 5.30. The van der Waals surface area contributed by atoms with Gasteiger partial charge in [-0.15, -0.1) is 0 Å². The highest BCUT2D eigenvalue weighted by atomic mass is 79.9. The molecule has 0 aliphatic carbocycles. The van der Waals surface area contributed by atoms with E-state index in [9.17, 15) is 4.79 Å². The maximum absolute atomic E-state index is 11.5. The quantitative estimate of drug-likeness (QED) is 0.818. The van der Waals surface area contributed by atoms with Gasteiger partial charge in [-0.1, -0.05) is 35.5 Å².